The van der Waals surface area contributed by atoms with Gasteiger partial charge in [0.15, 0.2) is 0 Å². The molecule has 0 radical (unpaired) electrons. The molecule has 3 aromatic rings. The Morgan fingerprint density at radius 3 is 2.09 bits per heavy atom. The highest BCUT2D eigenvalue weighted by Crippen LogP contribution is 2.29. The van der Waals surface area contributed by atoms with Crippen LogP contribution in [0, 0.1) is 0 Å². The van der Waals surface area contributed by atoms with E-state index in [0.29, 0.717) is 18.0 Å². The van der Waals surface area contributed by atoms with Crippen molar-refractivity contribution in [2.24, 2.45) is 0 Å². The van der Waals surface area contributed by atoms with E-state index in [4.69, 9.17) is 0 Å². The van der Waals surface area contributed by atoms with Crippen molar-refractivity contribution in [3.63, 3.8) is 0 Å². The molecule has 0 aliphatic carbocycles. The molecule has 0 N–H and O–H groups in total. The quantitative estimate of drug-likeness (QED) is 0.469. The molecule has 2 aromatic carbocycles. The summed E-state index contributed by atoms with van der Waals surface area (Å²) in [6.07, 6.45) is 6.95. The van der Waals surface area contributed by atoms with Gasteiger partial charge in [0.25, 0.3) is 0 Å². The number of benzene rings is 2. The summed E-state index contributed by atoms with van der Waals surface area (Å²) >= 11 is 0. The number of fused-ring (bicyclic) bond motifs is 2. The lowest BCUT2D eigenvalue weighted by Crippen LogP contribution is -2.36. The number of hydrogen-bond acceptors (Lipinski definition) is 4. The Hall–Kier alpha value is -2.56. The minimum Gasteiger partial charge on any atom is -0.296 e. The monoisotopic (exact) mass is 454 g/mol. The van der Waals surface area contributed by atoms with Crippen LogP contribution in [0.5, 0.6) is 0 Å². The first-order chi connectivity index (χ1) is 16.5. The average Bonchev–Trinajstić information content (AvgIpc) is 3.28. The molecule has 1 aromatic heterocycles. The van der Waals surface area contributed by atoms with Crippen molar-refractivity contribution < 1.29 is 0 Å². The van der Waals surface area contributed by atoms with Gasteiger partial charge in [-0.15, -0.1) is 0 Å². The Kier molecular flexibility index (Phi) is 6.80. The Balaban J connectivity index is 1.22. The van der Waals surface area contributed by atoms with Crippen molar-refractivity contribution in [1.82, 2.24) is 19.8 Å². The molecule has 0 bridgehead atoms. The molecule has 3 heterocycles. The lowest BCUT2D eigenvalue weighted by atomic mass is 9.94. The fourth-order valence-electron chi connectivity index (χ4n) is 5.59. The van der Waals surface area contributed by atoms with Crippen LogP contribution >= 0.6 is 0 Å². The summed E-state index contributed by atoms with van der Waals surface area (Å²) in [6.45, 7) is 13.6. The first-order valence-electron chi connectivity index (χ1n) is 12.9. The SMILES string of the molecule is CC(Cc1ccc2c(c1)CN(C(C)Cc1ccc3c(c1)CN(C(C)C)CC3)C2)c1ncccn1. The van der Waals surface area contributed by atoms with Gasteiger partial charge in [-0.2, -0.15) is 0 Å². The maximum absolute atomic E-state index is 4.44. The van der Waals surface area contributed by atoms with Gasteiger partial charge < -0.3 is 0 Å². The predicted octanol–water partition coefficient (Wildman–Crippen LogP) is 5.54. The summed E-state index contributed by atoms with van der Waals surface area (Å²) in [6, 6.07) is 17.3. The lowest BCUT2D eigenvalue weighted by Gasteiger charge is -2.32. The van der Waals surface area contributed by atoms with Gasteiger partial charge in [-0.3, -0.25) is 9.80 Å². The van der Waals surface area contributed by atoms with Crippen LogP contribution in [0.3, 0.4) is 0 Å². The van der Waals surface area contributed by atoms with Gasteiger partial charge in [-0.05, 0) is 79.5 Å². The Morgan fingerprint density at radius 2 is 1.35 bits per heavy atom. The summed E-state index contributed by atoms with van der Waals surface area (Å²) in [5, 5.41) is 0. The van der Waals surface area contributed by atoms with Crippen molar-refractivity contribution in [2.75, 3.05) is 6.54 Å². The molecular formula is C30H38N4. The van der Waals surface area contributed by atoms with Crippen LogP contribution in [0.15, 0.2) is 54.9 Å². The van der Waals surface area contributed by atoms with Crippen molar-refractivity contribution in [2.45, 2.75) is 84.6 Å². The molecule has 0 saturated carbocycles. The molecule has 5 rings (SSSR count). The molecule has 178 valence electrons. The average molecular weight is 455 g/mol. The highest BCUT2D eigenvalue weighted by atomic mass is 15.2. The zero-order valence-corrected chi connectivity index (χ0v) is 21.2. The molecular weight excluding hydrogens is 416 g/mol. The zero-order valence-electron chi connectivity index (χ0n) is 21.2. The van der Waals surface area contributed by atoms with E-state index in [1.807, 2.05) is 18.5 Å². The Morgan fingerprint density at radius 1 is 0.735 bits per heavy atom. The molecule has 4 nitrogen and oxygen atoms in total. The highest BCUT2D eigenvalue weighted by Gasteiger charge is 2.25. The van der Waals surface area contributed by atoms with Crippen LogP contribution in [0.1, 0.15) is 72.8 Å². The van der Waals surface area contributed by atoms with Crippen LogP contribution in [0.25, 0.3) is 0 Å². The number of aromatic nitrogens is 2. The van der Waals surface area contributed by atoms with Gasteiger partial charge in [0.1, 0.15) is 5.82 Å². The third kappa shape index (κ3) is 5.08. The number of rotatable bonds is 7. The van der Waals surface area contributed by atoms with Gasteiger partial charge in [-0.25, -0.2) is 9.97 Å². The summed E-state index contributed by atoms with van der Waals surface area (Å²) in [5.74, 6) is 1.26. The molecule has 2 aliphatic rings. The second-order valence-electron chi connectivity index (χ2n) is 10.7. The number of nitrogens with zero attached hydrogens (tertiary/aromatic N) is 4. The molecule has 0 saturated heterocycles. The minimum absolute atomic E-state index is 0.325. The van der Waals surface area contributed by atoms with E-state index in [9.17, 15) is 0 Å². The molecule has 34 heavy (non-hydrogen) atoms. The fourth-order valence-corrected chi connectivity index (χ4v) is 5.59. The highest BCUT2D eigenvalue weighted by molar-refractivity contribution is 5.37. The Bertz CT molecular complexity index is 1120. The van der Waals surface area contributed by atoms with E-state index in [2.05, 4.69) is 83.9 Å². The first kappa shape index (κ1) is 23.2. The topological polar surface area (TPSA) is 32.3 Å². The largest absolute Gasteiger partial charge is 0.296 e. The van der Waals surface area contributed by atoms with Gasteiger partial charge in [0.05, 0.1) is 0 Å². The second-order valence-corrected chi connectivity index (χ2v) is 10.7. The van der Waals surface area contributed by atoms with E-state index in [0.717, 1.165) is 38.3 Å². The van der Waals surface area contributed by atoms with Crippen molar-refractivity contribution in [1.29, 1.82) is 0 Å². The maximum Gasteiger partial charge on any atom is 0.131 e. The normalized spacial score (nSPS) is 18.0. The first-order valence-corrected chi connectivity index (χ1v) is 12.9. The summed E-state index contributed by atoms with van der Waals surface area (Å²) < 4.78 is 0. The van der Waals surface area contributed by atoms with E-state index in [-0.39, 0.29) is 0 Å². The smallest absolute Gasteiger partial charge is 0.131 e. The molecule has 0 spiro atoms. The van der Waals surface area contributed by atoms with Gasteiger partial charge >= 0.3 is 0 Å². The Labute approximate surface area is 205 Å². The van der Waals surface area contributed by atoms with Crippen LogP contribution in [-0.4, -0.2) is 38.4 Å². The summed E-state index contributed by atoms with van der Waals surface area (Å²) in [5.41, 5.74) is 8.92. The molecule has 2 unspecified atom stereocenters. The maximum atomic E-state index is 4.44. The molecule has 0 amide bonds. The third-order valence-corrected chi connectivity index (χ3v) is 7.78. The van der Waals surface area contributed by atoms with Crippen LogP contribution < -0.4 is 0 Å². The molecule has 4 heteroatoms. The van der Waals surface area contributed by atoms with Crippen molar-refractivity contribution in [3.05, 3.63) is 94.1 Å². The van der Waals surface area contributed by atoms with Crippen LogP contribution in [-0.2, 0) is 38.9 Å². The third-order valence-electron chi connectivity index (χ3n) is 7.78. The molecule has 2 aliphatic heterocycles. The minimum atomic E-state index is 0.325. The van der Waals surface area contributed by atoms with Crippen molar-refractivity contribution >= 4 is 0 Å². The van der Waals surface area contributed by atoms with Crippen LogP contribution in [0.2, 0.25) is 0 Å². The molecule has 0 fully saturated rings. The van der Waals surface area contributed by atoms with Gasteiger partial charge in [-0.1, -0.05) is 43.3 Å². The lowest BCUT2D eigenvalue weighted by molar-refractivity contribution is 0.202. The van der Waals surface area contributed by atoms with E-state index >= 15 is 0 Å². The summed E-state index contributed by atoms with van der Waals surface area (Å²) in [7, 11) is 0. The van der Waals surface area contributed by atoms with Crippen LogP contribution in [0.4, 0.5) is 0 Å². The number of hydrogen-bond donors (Lipinski definition) is 0. The fraction of sp³-hybridized carbons (Fsp3) is 0.467. The standard InChI is InChI=1S/C30H38N4/c1-21(2)33-13-10-26-8-6-25(17-28(26)19-33)15-23(4)34-18-27-9-7-24(16-29(27)20-34)14-22(3)30-31-11-5-12-32-30/h5-9,11-12,16-17,21-23H,10,13-15,18-20H2,1-4H3. The van der Waals surface area contributed by atoms with E-state index in [1.165, 1.54) is 40.8 Å². The van der Waals surface area contributed by atoms with Crippen molar-refractivity contribution in [3.8, 4) is 0 Å². The predicted molar refractivity (Wildman–Crippen MR) is 139 cm³/mol. The van der Waals surface area contributed by atoms with Gasteiger partial charge in [0, 0.05) is 56.6 Å². The van der Waals surface area contributed by atoms with E-state index < -0.39 is 0 Å². The van der Waals surface area contributed by atoms with E-state index in [1.54, 1.807) is 5.56 Å². The second kappa shape index (κ2) is 9.97. The zero-order chi connectivity index (χ0) is 23.7. The summed E-state index contributed by atoms with van der Waals surface area (Å²) in [4.78, 5) is 14.1. The van der Waals surface area contributed by atoms with Gasteiger partial charge in [0.2, 0.25) is 0 Å². The molecule has 2 atom stereocenters.